The molecule has 2 aromatic rings. The molecule has 1 amide bonds. The predicted octanol–water partition coefficient (Wildman–Crippen LogP) is -1.99. The molecular formula is C13H17N5O4. The molecule has 0 saturated heterocycles. The van der Waals surface area contributed by atoms with Crippen molar-refractivity contribution in [2.75, 3.05) is 13.2 Å². The fraction of sp³-hybridized carbons (Fsp3) is 0.538. The number of fused-ring (bicyclic) bond motifs is 3. The second kappa shape index (κ2) is 5.85. The maximum Gasteiger partial charge on any atom is 0.280 e. The average Bonchev–Trinajstić information content (AvgIpc) is 3.08. The lowest BCUT2D eigenvalue weighted by Gasteiger charge is -2.10. The number of aliphatic hydroxyl groups is 2. The van der Waals surface area contributed by atoms with Crippen LogP contribution >= 0.6 is 0 Å². The van der Waals surface area contributed by atoms with Crippen molar-refractivity contribution in [1.29, 1.82) is 0 Å². The van der Waals surface area contributed by atoms with E-state index in [2.05, 4.69) is 15.3 Å². The van der Waals surface area contributed by atoms with Gasteiger partial charge in [0.1, 0.15) is 18.7 Å². The third-order valence-electron chi connectivity index (χ3n) is 3.65. The van der Waals surface area contributed by atoms with Gasteiger partial charge in [-0.15, -0.1) is 0 Å². The average molecular weight is 307 g/mol. The third kappa shape index (κ3) is 2.60. The Morgan fingerprint density at radius 3 is 3.09 bits per heavy atom. The summed E-state index contributed by atoms with van der Waals surface area (Å²) < 4.78 is 3.07. The maximum absolute atomic E-state index is 12.5. The number of imidazole rings is 1. The highest BCUT2D eigenvalue weighted by atomic mass is 16.3. The van der Waals surface area contributed by atoms with E-state index in [0.717, 1.165) is 25.2 Å². The van der Waals surface area contributed by atoms with Crippen LogP contribution in [0.5, 0.6) is 0 Å². The highest BCUT2D eigenvalue weighted by molar-refractivity contribution is 5.76. The molecule has 0 unspecified atom stereocenters. The summed E-state index contributed by atoms with van der Waals surface area (Å²) in [4.78, 5) is 32.7. The van der Waals surface area contributed by atoms with Crippen molar-refractivity contribution in [1.82, 2.24) is 24.4 Å². The summed E-state index contributed by atoms with van der Waals surface area (Å²) in [7, 11) is 0. The topological polar surface area (TPSA) is 122 Å². The first-order chi connectivity index (χ1) is 10.6. The quantitative estimate of drug-likeness (QED) is 0.588. The second-order valence-corrected chi connectivity index (χ2v) is 5.27. The fourth-order valence-corrected chi connectivity index (χ4v) is 2.55. The van der Waals surface area contributed by atoms with Crippen molar-refractivity contribution >= 4 is 17.1 Å². The van der Waals surface area contributed by atoms with Gasteiger partial charge in [0, 0.05) is 19.5 Å². The van der Waals surface area contributed by atoms with Gasteiger partial charge in [-0.05, 0) is 6.42 Å². The SMILES string of the molecule is O=C(Cn1cnc2nc3n(c2c1=O)CCC3)NC[C@H](O)CO. The highest BCUT2D eigenvalue weighted by Crippen LogP contribution is 2.18. The largest absolute Gasteiger partial charge is 0.394 e. The Bertz CT molecular complexity index is 766. The van der Waals surface area contributed by atoms with Gasteiger partial charge in [-0.2, -0.15) is 0 Å². The van der Waals surface area contributed by atoms with Crippen LogP contribution in [0.3, 0.4) is 0 Å². The number of carbonyl (C=O) groups excluding carboxylic acids is 1. The molecular weight excluding hydrogens is 290 g/mol. The number of aliphatic hydroxyl groups excluding tert-OH is 2. The lowest BCUT2D eigenvalue weighted by atomic mass is 10.3. The van der Waals surface area contributed by atoms with Crippen LogP contribution in [0.2, 0.25) is 0 Å². The van der Waals surface area contributed by atoms with Gasteiger partial charge in [0.2, 0.25) is 5.91 Å². The molecule has 9 nitrogen and oxygen atoms in total. The summed E-state index contributed by atoms with van der Waals surface area (Å²) in [6, 6.07) is 0. The van der Waals surface area contributed by atoms with Gasteiger partial charge in [-0.25, -0.2) is 9.97 Å². The van der Waals surface area contributed by atoms with E-state index in [1.807, 2.05) is 4.57 Å². The first-order valence-corrected chi connectivity index (χ1v) is 7.10. The minimum Gasteiger partial charge on any atom is -0.394 e. The van der Waals surface area contributed by atoms with E-state index < -0.39 is 18.6 Å². The zero-order chi connectivity index (χ0) is 15.7. The number of nitrogens with one attached hydrogen (secondary N) is 1. The molecule has 0 saturated carbocycles. The first kappa shape index (κ1) is 14.7. The van der Waals surface area contributed by atoms with Gasteiger partial charge in [-0.1, -0.05) is 0 Å². The molecule has 0 spiro atoms. The van der Waals surface area contributed by atoms with Crippen LogP contribution in [0.4, 0.5) is 0 Å². The van der Waals surface area contributed by atoms with Gasteiger partial charge in [-0.3, -0.25) is 14.2 Å². The Morgan fingerprint density at radius 2 is 2.32 bits per heavy atom. The maximum atomic E-state index is 12.5. The zero-order valence-electron chi connectivity index (χ0n) is 11.9. The molecule has 9 heteroatoms. The number of aromatic nitrogens is 4. The smallest absolute Gasteiger partial charge is 0.280 e. The van der Waals surface area contributed by atoms with Crippen molar-refractivity contribution in [3.63, 3.8) is 0 Å². The van der Waals surface area contributed by atoms with Crippen LogP contribution in [0.1, 0.15) is 12.2 Å². The molecule has 2 aromatic heterocycles. The standard InChI is InChI=1S/C13H17N5O4/c19-6-8(20)4-14-10(21)5-17-7-15-12-11(13(17)22)18-3-1-2-9(18)16-12/h7-8,19-20H,1-6H2,(H,14,21)/t8-/m0/s1. The summed E-state index contributed by atoms with van der Waals surface area (Å²) in [5.41, 5.74) is 0.536. The molecule has 3 N–H and O–H groups in total. The lowest BCUT2D eigenvalue weighted by molar-refractivity contribution is -0.122. The molecule has 0 bridgehead atoms. The van der Waals surface area contributed by atoms with Gasteiger partial charge >= 0.3 is 0 Å². The molecule has 0 aromatic carbocycles. The minimum atomic E-state index is -1.01. The van der Waals surface area contributed by atoms with E-state index in [1.165, 1.54) is 10.9 Å². The number of rotatable bonds is 5. The van der Waals surface area contributed by atoms with Crippen LogP contribution in [-0.2, 0) is 24.3 Å². The first-order valence-electron chi connectivity index (χ1n) is 7.10. The summed E-state index contributed by atoms with van der Waals surface area (Å²) in [6.45, 7) is 0.0413. The molecule has 1 aliphatic heterocycles. The Hall–Kier alpha value is -2.26. The van der Waals surface area contributed by atoms with E-state index >= 15 is 0 Å². The summed E-state index contributed by atoms with van der Waals surface area (Å²) in [6.07, 6.45) is 2.07. The molecule has 0 fully saturated rings. The normalized spacial score (nSPS) is 15.0. The van der Waals surface area contributed by atoms with Crippen LogP contribution in [-0.4, -0.2) is 54.5 Å². The van der Waals surface area contributed by atoms with Gasteiger partial charge in [0.25, 0.3) is 5.56 Å². The molecule has 1 aliphatic rings. The van der Waals surface area contributed by atoms with Crippen LogP contribution in [0.25, 0.3) is 11.2 Å². The zero-order valence-corrected chi connectivity index (χ0v) is 11.9. The Kier molecular flexibility index (Phi) is 3.90. The van der Waals surface area contributed by atoms with Crippen LogP contribution in [0, 0.1) is 0 Å². The number of hydrogen-bond acceptors (Lipinski definition) is 6. The Labute approximate surface area is 125 Å². The molecule has 0 radical (unpaired) electrons. The van der Waals surface area contributed by atoms with Crippen molar-refractivity contribution < 1.29 is 15.0 Å². The summed E-state index contributed by atoms with van der Waals surface area (Å²) >= 11 is 0. The van der Waals surface area contributed by atoms with E-state index in [4.69, 9.17) is 5.11 Å². The molecule has 3 rings (SSSR count). The van der Waals surface area contributed by atoms with Crippen LogP contribution < -0.4 is 10.9 Å². The highest BCUT2D eigenvalue weighted by Gasteiger charge is 2.20. The van der Waals surface area contributed by atoms with Gasteiger partial charge < -0.3 is 20.1 Å². The molecule has 22 heavy (non-hydrogen) atoms. The van der Waals surface area contributed by atoms with Crippen molar-refractivity contribution in [3.05, 3.63) is 22.5 Å². The van der Waals surface area contributed by atoms with E-state index in [9.17, 15) is 14.7 Å². The number of amides is 1. The monoisotopic (exact) mass is 307 g/mol. The van der Waals surface area contributed by atoms with E-state index in [1.54, 1.807) is 0 Å². The van der Waals surface area contributed by atoms with Crippen LogP contribution in [0.15, 0.2) is 11.1 Å². The number of aryl methyl sites for hydroxylation is 2. The third-order valence-corrected chi connectivity index (χ3v) is 3.65. The van der Waals surface area contributed by atoms with E-state index in [-0.39, 0.29) is 18.6 Å². The number of hydrogen-bond donors (Lipinski definition) is 3. The van der Waals surface area contributed by atoms with Crippen molar-refractivity contribution in [3.8, 4) is 0 Å². The van der Waals surface area contributed by atoms with Gasteiger partial charge in [0.15, 0.2) is 11.2 Å². The lowest BCUT2D eigenvalue weighted by Crippen LogP contribution is -2.38. The molecule has 118 valence electrons. The number of carbonyl (C=O) groups is 1. The van der Waals surface area contributed by atoms with E-state index in [0.29, 0.717) is 11.2 Å². The molecule has 1 atom stereocenters. The van der Waals surface area contributed by atoms with Gasteiger partial charge in [0.05, 0.1) is 12.7 Å². The van der Waals surface area contributed by atoms with Crippen molar-refractivity contribution in [2.45, 2.75) is 32.0 Å². The summed E-state index contributed by atoms with van der Waals surface area (Å²) in [5.74, 6) is 0.421. The fourth-order valence-electron chi connectivity index (χ4n) is 2.55. The van der Waals surface area contributed by atoms with Crippen molar-refractivity contribution in [2.24, 2.45) is 0 Å². The molecule has 0 aliphatic carbocycles. The number of nitrogens with zero attached hydrogens (tertiary/aromatic N) is 4. The Morgan fingerprint density at radius 1 is 1.50 bits per heavy atom. The second-order valence-electron chi connectivity index (χ2n) is 5.27. The minimum absolute atomic E-state index is 0.0676. The molecule has 3 heterocycles. The predicted molar refractivity (Wildman–Crippen MR) is 76.2 cm³/mol. The Balaban J connectivity index is 1.81. The summed E-state index contributed by atoms with van der Waals surface area (Å²) in [5, 5.41) is 20.3.